The average Bonchev–Trinajstić information content (AvgIpc) is 3.59. The molecule has 4 atom stereocenters. The lowest BCUT2D eigenvalue weighted by atomic mass is 9.77. The third kappa shape index (κ3) is 3.07. The second kappa shape index (κ2) is 7.49. The van der Waals surface area contributed by atoms with Crippen LogP contribution in [-0.4, -0.2) is 48.7 Å². The fraction of sp³-hybridized carbons (Fsp3) is 0.308. The predicted molar refractivity (Wildman–Crippen MR) is 124 cm³/mol. The fourth-order valence-corrected chi connectivity index (χ4v) is 5.56. The molecule has 7 nitrogen and oxygen atoms in total. The van der Waals surface area contributed by atoms with Crippen LogP contribution < -0.4 is 15.0 Å². The van der Waals surface area contributed by atoms with Crippen LogP contribution in [-0.2, 0) is 20.7 Å². The predicted octanol–water partition coefficient (Wildman–Crippen LogP) is 2.82. The molecule has 2 aromatic carbocycles. The lowest BCUT2D eigenvalue weighted by molar-refractivity contribution is -0.131. The molecule has 2 saturated heterocycles. The standard InChI is InChI=1S/C26H25N3O4/c1-32-18-8-6-17(7-9-18)29-15-26-12-10-21(33-26)22(23(26)25(29)31)24(30)27-13-11-16-14-28-20-5-3-2-4-19(16)20/h2-10,12,14,21-23,28H,11,13,15H2,1H3,(H,27,30)/t21-,22?,23-,26+/m0/s1. The monoisotopic (exact) mass is 443 g/mol. The summed E-state index contributed by atoms with van der Waals surface area (Å²) in [5, 5.41) is 4.22. The van der Waals surface area contributed by atoms with E-state index in [1.165, 1.54) is 0 Å². The van der Waals surface area contributed by atoms with Crippen LogP contribution in [0.5, 0.6) is 5.75 Å². The maximum atomic E-state index is 13.4. The summed E-state index contributed by atoms with van der Waals surface area (Å²) in [6.45, 7) is 0.915. The van der Waals surface area contributed by atoms with Gasteiger partial charge in [0.25, 0.3) is 0 Å². The van der Waals surface area contributed by atoms with Crippen LogP contribution in [0.1, 0.15) is 5.56 Å². The molecule has 7 heteroatoms. The first-order valence-electron chi connectivity index (χ1n) is 11.2. The maximum absolute atomic E-state index is 13.4. The van der Waals surface area contributed by atoms with Gasteiger partial charge in [0.2, 0.25) is 11.8 Å². The molecule has 1 aromatic heterocycles. The Morgan fingerprint density at radius 2 is 2.06 bits per heavy atom. The Kier molecular flexibility index (Phi) is 4.55. The second-order valence-electron chi connectivity index (χ2n) is 8.92. The summed E-state index contributed by atoms with van der Waals surface area (Å²) < 4.78 is 11.5. The summed E-state index contributed by atoms with van der Waals surface area (Å²) in [5.74, 6) is -0.491. The van der Waals surface area contributed by atoms with Crippen molar-refractivity contribution in [3.8, 4) is 5.75 Å². The quantitative estimate of drug-likeness (QED) is 0.574. The van der Waals surface area contributed by atoms with Gasteiger partial charge in [-0.3, -0.25) is 9.59 Å². The minimum atomic E-state index is -0.736. The molecule has 3 aromatic rings. The number of H-pyrrole nitrogens is 1. The number of para-hydroxylation sites is 1. The molecule has 1 spiro atoms. The Morgan fingerprint density at radius 1 is 1.24 bits per heavy atom. The van der Waals surface area contributed by atoms with Crippen molar-refractivity contribution in [2.45, 2.75) is 18.1 Å². The number of carbonyl (C=O) groups is 2. The van der Waals surface area contributed by atoms with Gasteiger partial charge in [0.1, 0.15) is 11.4 Å². The molecule has 33 heavy (non-hydrogen) atoms. The Hall–Kier alpha value is -3.58. The van der Waals surface area contributed by atoms with Crippen molar-refractivity contribution in [3.63, 3.8) is 0 Å². The van der Waals surface area contributed by atoms with Crippen molar-refractivity contribution in [1.29, 1.82) is 0 Å². The molecule has 1 unspecified atom stereocenters. The molecule has 0 aliphatic carbocycles. The lowest BCUT2D eigenvalue weighted by Gasteiger charge is -2.23. The van der Waals surface area contributed by atoms with Gasteiger partial charge in [0.05, 0.1) is 31.6 Å². The van der Waals surface area contributed by atoms with E-state index in [-0.39, 0.29) is 17.9 Å². The molecular weight excluding hydrogens is 418 g/mol. The Bertz CT molecular complexity index is 1260. The highest BCUT2D eigenvalue weighted by atomic mass is 16.5. The van der Waals surface area contributed by atoms with E-state index in [1.807, 2.05) is 60.8 Å². The van der Waals surface area contributed by atoms with Crippen LogP contribution in [0.15, 0.2) is 66.9 Å². The van der Waals surface area contributed by atoms with Gasteiger partial charge in [-0.25, -0.2) is 0 Å². The van der Waals surface area contributed by atoms with Crippen LogP contribution in [0.25, 0.3) is 10.9 Å². The molecular formula is C26H25N3O4. The number of amides is 2. The van der Waals surface area contributed by atoms with Crippen molar-refractivity contribution < 1.29 is 19.1 Å². The number of nitrogens with zero attached hydrogens (tertiary/aromatic N) is 1. The SMILES string of the molecule is COc1ccc(N2C[C@@]34C=C[C@H](O3)C(C(=O)NCCc3c[nH]c5ccccc35)[C@H]4C2=O)cc1. The third-order valence-electron chi connectivity index (χ3n) is 7.16. The number of benzene rings is 2. The molecule has 168 valence electrons. The zero-order chi connectivity index (χ0) is 22.6. The average molecular weight is 444 g/mol. The van der Waals surface area contributed by atoms with E-state index in [0.29, 0.717) is 19.5 Å². The fourth-order valence-electron chi connectivity index (χ4n) is 5.56. The molecule has 2 amide bonds. The number of hydrogen-bond donors (Lipinski definition) is 2. The first kappa shape index (κ1) is 20.1. The van der Waals surface area contributed by atoms with Gasteiger partial charge in [-0.05, 0) is 42.3 Å². The Balaban J connectivity index is 1.17. The van der Waals surface area contributed by atoms with Gasteiger partial charge >= 0.3 is 0 Å². The molecule has 0 radical (unpaired) electrons. The summed E-state index contributed by atoms with van der Waals surface area (Å²) in [4.78, 5) is 31.7. The highest BCUT2D eigenvalue weighted by molar-refractivity contribution is 6.03. The van der Waals surface area contributed by atoms with Crippen LogP contribution >= 0.6 is 0 Å². The smallest absolute Gasteiger partial charge is 0.234 e. The molecule has 0 saturated carbocycles. The summed E-state index contributed by atoms with van der Waals surface area (Å²) in [6.07, 6.45) is 6.25. The lowest BCUT2D eigenvalue weighted by Crippen LogP contribution is -2.44. The number of aromatic amines is 1. The Labute approximate surface area is 191 Å². The van der Waals surface area contributed by atoms with Crippen molar-refractivity contribution in [2.75, 3.05) is 25.1 Å². The molecule has 4 heterocycles. The topological polar surface area (TPSA) is 83.7 Å². The third-order valence-corrected chi connectivity index (χ3v) is 7.16. The highest BCUT2D eigenvalue weighted by Crippen LogP contribution is 2.52. The number of anilines is 1. The second-order valence-corrected chi connectivity index (χ2v) is 8.92. The minimum absolute atomic E-state index is 0.0659. The van der Waals surface area contributed by atoms with Crippen LogP contribution in [0.3, 0.4) is 0 Å². The molecule has 3 aliphatic heterocycles. The van der Waals surface area contributed by atoms with Gasteiger partial charge < -0.3 is 24.7 Å². The van der Waals surface area contributed by atoms with Crippen molar-refractivity contribution in [1.82, 2.24) is 10.3 Å². The number of carbonyl (C=O) groups excluding carboxylic acids is 2. The molecule has 2 fully saturated rings. The number of aromatic nitrogens is 1. The largest absolute Gasteiger partial charge is 0.497 e. The van der Waals surface area contributed by atoms with E-state index < -0.39 is 17.4 Å². The van der Waals surface area contributed by atoms with Crippen LogP contribution in [0, 0.1) is 11.8 Å². The minimum Gasteiger partial charge on any atom is -0.497 e. The van der Waals surface area contributed by atoms with Gasteiger partial charge in [0, 0.05) is 29.3 Å². The van der Waals surface area contributed by atoms with Crippen molar-refractivity contribution >= 4 is 28.4 Å². The van der Waals surface area contributed by atoms with E-state index in [0.717, 1.165) is 27.9 Å². The van der Waals surface area contributed by atoms with Crippen LogP contribution in [0.2, 0.25) is 0 Å². The van der Waals surface area contributed by atoms with Gasteiger partial charge in [-0.1, -0.05) is 30.4 Å². The Morgan fingerprint density at radius 3 is 2.88 bits per heavy atom. The van der Waals surface area contributed by atoms with E-state index in [4.69, 9.17) is 9.47 Å². The number of ether oxygens (including phenoxy) is 2. The van der Waals surface area contributed by atoms with Crippen molar-refractivity contribution in [3.05, 3.63) is 72.4 Å². The first-order chi connectivity index (χ1) is 16.1. The number of hydrogen-bond acceptors (Lipinski definition) is 4. The zero-order valence-electron chi connectivity index (χ0n) is 18.3. The summed E-state index contributed by atoms with van der Waals surface area (Å²) >= 11 is 0. The summed E-state index contributed by atoms with van der Waals surface area (Å²) in [6, 6.07) is 15.5. The number of nitrogens with one attached hydrogen (secondary N) is 2. The van der Waals surface area contributed by atoms with E-state index in [9.17, 15) is 9.59 Å². The number of methoxy groups -OCH3 is 1. The summed E-state index contributed by atoms with van der Waals surface area (Å²) in [7, 11) is 1.61. The first-order valence-corrected chi connectivity index (χ1v) is 11.2. The van der Waals surface area contributed by atoms with Crippen molar-refractivity contribution in [2.24, 2.45) is 11.8 Å². The summed E-state index contributed by atoms with van der Waals surface area (Å²) in [5.41, 5.74) is 2.29. The maximum Gasteiger partial charge on any atom is 0.234 e. The highest BCUT2D eigenvalue weighted by Gasteiger charge is 2.67. The van der Waals surface area contributed by atoms with E-state index >= 15 is 0 Å². The van der Waals surface area contributed by atoms with Crippen LogP contribution in [0.4, 0.5) is 5.69 Å². The molecule has 2 bridgehead atoms. The van der Waals surface area contributed by atoms with Gasteiger partial charge in [-0.15, -0.1) is 0 Å². The van der Waals surface area contributed by atoms with E-state index in [1.54, 1.807) is 12.0 Å². The normalized spacial score (nSPS) is 27.4. The number of fused-ring (bicyclic) bond motifs is 2. The van der Waals surface area contributed by atoms with Gasteiger partial charge in [-0.2, -0.15) is 0 Å². The van der Waals surface area contributed by atoms with E-state index in [2.05, 4.69) is 16.4 Å². The van der Waals surface area contributed by atoms with Gasteiger partial charge in [0.15, 0.2) is 0 Å². The molecule has 6 rings (SSSR count). The molecule has 2 N–H and O–H groups in total. The zero-order valence-corrected chi connectivity index (χ0v) is 18.3. The molecule has 3 aliphatic rings. The number of rotatable bonds is 6.